The minimum atomic E-state index is -0.559. The lowest BCUT2D eigenvalue weighted by molar-refractivity contribution is 0.0945. The van der Waals surface area contributed by atoms with Crippen molar-refractivity contribution >= 4 is 5.91 Å². The third-order valence-electron chi connectivity index (χ3n) is 3.49. The summed E-state index contributed by atoms with van der Waals surface area (Å²) in [4.78, 5) is 34.6. The maximum atomic E-state index is 12.3. The Morgan fingerprint density at radius 2 is 1.96 bits per heavy atom. The minimum Gasteiger partial charge on any atom is -0.345 e. The zero-order valence-corrected chi connectivity index (χ0v) is 13.1. The topological polar surface area (TPSA) is 87.7 Å². The van der Waals surface area contributed by atoms with E-state index in [0.29, 0.717) is 5.69 Å². The standard InChI is InChI=1S/C18H16N4O2/c1-12-5-7-13(8-6-12)15-10-16(22-18(24)21-15)17(23)20-11-14-4-2-3-9-19-14/h2-10H,11H2,1H3,(H,20,23)(H,21,22,24). The zero-order chi connectivity index (χ0) is 16.9. The summed E-state index contributed by atoms with van der Waals surface area (Å²) in [5.41, 5.74) is 2.70. The van der Waals surface area contributed by atoms with Gasteiger partial charge in [0.25, 0.3) is 5.91 Å². The third kappa shape index (κ3) is 3.73. The number of hydrogen-bond donors (Lipinski definition) is 2. The maximum absolute atomic E-state index is 12.3. The number of rotatable bonds is 4. The first-order valence-electron chi connectivity index (χ1n) is 7.48. The molecule has 0 aliphatic carbocycles. The second-order valence-electron chi connectivity index (χ2n) is 5.35. The van der Waals surface area contributed by atoms with Crippen molar-refractivity contribution < 1.29 is 4.79 Å². The monoisotopic (exact) mass is 320 g/mol. The van der Waals surface area contributed by atoms with E-state index in [1.54, 1.807) is 18.3 Å². The lowest BCUT2D eigenvalue weighted by atomic mass is 10.1. The van der Waals surface area contributed by atoms with Crippen molar-refractivity contribution in [3.8, 4) is 11.3 Å². The maximum Gasteiger partial charge on any atom is 0.346 e. The van der Waals surface area contributed by atoms with Crippen molar-refractivity contribution in [3.05, 3.63) is 82.2 Å². The van der Waals surface area contributed by atoms with Gasteiger partial charge in [0.15, 0.2) is 0 Å². The Hall–Kier alpha value is -3.28. The summed E-state index contributed by atoms with van der Waals surface area (Å²) in [5.74, 6) is -0.381. The molecule has 0 saturated carbocycles. The molecule has 3 aromatic rings. The molecular weight excluding hydrogens is 304 g/mol. The van der Waals surface area contributed by atoms with Crippen molar-refractivity contribution in [2.75, 3.05) is 0 Å². The van der Waals surface area contributed by atoms with Crippen LogP contribution < -0.4 is 11.0 Å². The number of aromatic amines is 1. The fraction of sp³-hybridized carbons (Fsp3) is 0.111. The number of nitrogens with one attached hydrogen (secondary N) is 2. The zero-order valence-electron chi connectivity index (χ0n) is 13.1. The van der Waals surface area contributed by atoms with Crippen LogP contribution in [0.4, 0.5) is 0 Å². The van der Waals surface area contributed by atoms with E-state index in [1.165, 1.54) is 0 Å². The van der Waals surface area contributed by atoms with Gasteiger partial charge in [-0.15, -0.1) is 0 Å². The average molecular weight is 320 g/mol. The summed E-state index contributed by atoms with van der Waals surface area (Å²) in [6.45, 7) is 2.26. The molecule has 0 saturated heterocycles. The van der Waals surface area contributed by atoms with Gasteiger partial charge in [0.2, 0.25) is 0 Å². The lowest BCUT2D eigenvalue weighted by Crippen LogP contribution is -2.27. The largest absolute Gasteiger partial charge is 0.346 e. The van der Waals surface area contributed by atoms with Crippen LogP contribution in [0.2, 0.25) is 0 Å². The molecule has 6 nitrogen and oxygen atoms in total. The number of amides is 1. The second-order valence-corrected chi connectivity index (χ2v) is 5.35. The van der Waals surface area contributed by atoms with Crippen LogP contribution in [0, 0.1) is 6.92 Å². The molecule has 0 bridgehead atoms. The minimum absolute atomic E-state index is 0.168. The molecule has 2 aromatic heterocycles. The van der Waals surface area contributed by atoms with Crippen molar-refractivity contribution in [1.82, 2.24) is 20.3 Å². The van der Waals surface area contributed by atoms with Crippen LogP contribution in [0.3, 0.4) is 0 Å². The van der Waals surface area contributed by atoms with Crippen LogP contribution in [-0.2, 0) is 6.54 Å². The molecule has 24 heavy (non-hydrogen) atoms. The Labute approximate surface area is 138 Å². The molecule has 0 aliphatic rings. The van der Waals surface area contributed by atoms with Gasteiger partial charge in [-0.05, 0) is 25.1 Å². The van der Waals surface area contributed by atoms with Gasteiger partial charge in [-0.25, -0.2) is 4.79 Å². The van der Waals surface area contributed by atoms with Gasteiger partial charge in [0.1, 0.15) is 5.69 Å². The molecule has 1 amide bonds. The summed E-state index contributed by atoms with van der Waals surface area (Å²) in [6.07, 6.45) is 1.66. The van der Waals surface area contributed by atoms with Gasteiger partial charge in [-0.1, -0.05) is 35.9 Å². The van der Waals surface area contributed by atoms with E-state index in [1.807, 2.05) is 43.3 Å². The van der Waals surface area contributed by atoms with Crippen molar-refractivity contribution in [2.45, 2.75) is 13.5 Å². The summed E-state index contributed by atoms with van der Waals surface area (Å²) in [5, 5.41) is 2.73. The van der Waals surface area contributed by atoms with E-state index >= 15 is 0 Å². The second kappa shape index (κ2) is 6.87. The number of nitrogens with zero attached hydrogens (tertiary/aromatic N) is 2. The number of aromatic nitrogens is 3. The highest BCUT2D eigenvalue weighted by atomic mass is 16.2. The summed E-state index contributed by atoms with van der Waals surface area (Å²) < 4.78 is 0. The summed E-state index contributed by atoms with van der Waals surface area (Å²) >= 11 is 0. The van der Waals surface area contributed by atoms with Gasteiger partial charge >= 0.3 is 5.69 Å². The molecule has 120 valence electrons. The summed E-state index contributed by atoms with van der Waals surface area (Å²) in [6, 6.07) is 14.6. The highest BCUT2D eigenvalue weighted by Gasteiger charge is 2.10. The van der Waals surface area contributed by atoms with Gasteiger partial charge < -0.3 is 10.3 Å². The van der Waals surface area contributed by atoms with E-state index < -0.39 is 5.69 Å². The fourth-order valence-electron chi connectivity index (χ4n) is 2.22. The Kier molecular flexibility index (Phi) is 4.47. The molecule has 0 unspecified atom stereocenters. The quantitative estimate of drug-likeness (QED) is 0.770. The van der Waals surface area contributed by atoms with Crippen molar-refractivity contribution in [3.63, 3.8) is 0 Å². The predicted octanol–water partition coefficient (Wildman–Crippen LogP) is 2.07. The van der Waals surface area contributed by atoms with Crippen LogP contribution in [0.5, 0.6) is 0 Å². The normalized spacial score (nSPS) is 10.4. The van der Waals surface area contributed by atoms with Crippen LogP contribution >= 0.6 is 0 Å². The number of H-pyrrole nitrogens is 1. The lowest BCUT2D eigenvalue weighted by Gasteiger charge is -2.06. The number of pyridine rings is 1. The van der Waals surface area contributed by atoms with E-state index in [0.717, 1.165) is 16.8 Å². The van der Waals surface area contributed by atoms with E-state index in [9.17, 15) is 9.59 Å². The first kappa shape index (κ1) is 15.6. The summed E-state index contributed by atoms with van der Waals surface area (Å²) in [7, 11) is 0. The fourth-order valence-corrected chi connectivity index (χ4v) is 2.22. The van der Waals surface area contributed by atoms with Crippen molar-refractivity contribution in [2.24, 2.45) is 0 Å². The number of carbonyl (C=O) groups excluding carboxylic acids is 1. The smallest absolute Gasteiger partial charge is 0.345 e. The molecule has 0 spiro atoms. The SMILES string of the molecule is Cc1ccc(-c2cc(C(=O)NCc3ccccn3)[nH]c(=O)n2)cc1. The Bertz CT molecular complexity index is 902. The highest BCUT2D eigenvalue weighted by Crippen LogP contribution is 2.16. The first-order chi connectivity index (χ1) is 11.6. The highest BCUT2D eigenvalue weighted by molar-refractivity contribution is 5.93. The van der Waals surface area contributed by atoms with Crippen LogP contribution in [0.15, 0.2) is 59.5 Å². The molecule has 2 heterocycles. The van der Waals surface area contributed by atoms with Gasteiger partial charge in [0, 0.05) is 11.8 Å². The Morgan fingerprint density at radius 3 is 2.67 bits per heavy atom. The van der Waals surface area contributed by atoms with Gasteiger partial charge in [-0.2, -0.15) is 4.98 Å². The molecule has 6 heteroatoms. The van der Waals surface area contributed by atoms with Gasteiger partial charge in [0.05, 0.1) is 17.9 Å². The number of benzene rings is 1. The van der Waals surface area contributed by atoms with Crippen LogP contribution in [0.1, 0.15) is 21.7 Å². The van der Waals surface area contributed by atoms with E-state index in [2.05, 4.69) is 20.3 Å². The Balaban J connectivity index is 1.81. The first-order valence-corrected chi connectivity index (χ1v) is 7.48. The van der Waals surface area contributed by atoms with Crippen LogP contribution in [0.25, 0.3) is 11.3 Å². The average Bonchev–Trinajstić information content (AvgIpc) is 2.60. The molecular formula is C18H16N4O2. The predicted molar refractivity (Wildman–Crippen MR) is 90.4 cm³/mol. The molecule has 0 atom stereocenters. The molecule has 3 rings (SSSR count). The molecule has 1 aromatic carbocycles. The molecule has 0 aliphatic heterocycles. The van der Waals surface area contributed by atoms with E-state index in [-0.39, 0.29) is 18.1 Å². The van der Waals surface area contributed by atoms with E-state index in [4.69, 9.17) is 0 Å². The number of hydrogen-bond acceptors (Lipinski definition) is 4. The Morgan fingerprint density at radius 1 is 1.17 bits per heavy atom. The third-order valence-corrected chi connectivity index (χ3v) is 3.49. The van der Waals surface area contributed by atoms with Gasteiger partial charge in [-0.3, -0.25) is 9.78 Å². The molecule has 0 radical (unpaired) electrons. The molecule has 2 N–H and O–H groups in total. The van der Waals surface area contributed by atoms with Crippen molar-refractivity contribution in [1.29, 1.82) is 0 Å². The van der Waals surface area contributed by atoms with Crippen LogP contribution in [-0.4, -0.2) is 20.9 Å². The number of carbonyl (C=O) groups is 1. The number of aryl methyl sites for hydroxylation is 1. The molecule has 0 fully saturated rings.